The van der Waals surface area contributed by atoms with Crippen molar-refractivity contribution >= 4 is 61.6 Å². The van der Waals surface area contributed by atoms with Gasteiger partial charge in [0.05, 0.1) is 11.0 Å². The van der Waals surface area contributed by atoms with Crippen molar-refractivity contribution in [2.75, 3.05) is 15.5 Å². The van der Waals surface area contributed by atoms with Crippen molar-refractivity contribution in [3.05, 3.63) is 231 Å². The van der Waals surface area contributed by atoms with Gasteiger partial charge in [0.25, 0.3) is 0 Å². The summed E-state index contributed by atoms with van der Waals surface area (Å²) in [5.41, 5.74) is 15.7. The lowest BCUT2D eigenvalue weighted by Gasteiger charge is -2.26. The summed E-state index contributed by atoms with van der Waals surface area (Å²) >= 11 is 0. The molecule has 276 valence electrons. The minimum absolute atomic E-state index is 1.03. The largest absolute Gasteiger partial charge is 0.356 e. The molecule has 0 fully saturated rings. The van der Waals surface area contributed by atoms with Gasteiger partial charge in [0.1, 0.15) is 0 Å². The first kappa shape index (κ1) is 34.7. The lowest BCUT2D eigenvalue weighted by molar-refractivity contribution is 1.18. The molecule has 10 rings (SSSR count). The van der Waals surface area contributed by atoms with Gasteiger partial charge in [-0.1, -0.05) is 127 Å². The minimum Gasteiger partial charge on any atom is -0.356 e. The average molecular weight is 745 g/mol. The SMILES string of the molecule is c1ccc(Nc2ccccc2-c2cccc(Nc3ccc(-c4ccc(N(c5ccccc5)c5ccc6c(c5)c5ccccc5n6-c5ccccc5)cc4)cc3)c2)cc1. The van der Waals surface area contributed by atoms with Crippen LogP contribution < -0.4 is 15.5 Å². The molecule has 0 amide bonds. The van der Waals surface area contributed by atoms with E-state index in [2.05, 4.69) is 232 Å². The van der Waals surface area contributed by atoms with Crippen molar-refractivity contribution in [2.24, 2.45) is 0 Å². The van der Waals surface area contributed by atoms with E-state index in [1.807, 2.05) is 18.2 Å². The maximum Gasteiger partial charge on any atom is 0.0542 e. The number of rotatable bonds is 10. The fourth-order valence-corrected chi connectivity index (χ4v) is 7.98. The van der Waals surface area contributed by atoms with Gasteiger partial charge in [-0.25, -0.2) is 0 Å². The molecule has 58 heavy (non-hydrogen) atoms. The third kappa shape index (κ3) is 6.84. The Balaban J connectivity index is 0.917. The molecule has 0 spiro atoms. The van der Waals surface area contributed by atoms with Crippen LogP contribution >= 0.6 is 0 Å². The van der Waals surface area contributed by atoms with Crippen molar-refractivity contribution in [1.82, 2.24) is 4.57 Å². The van der Waals surface area contributed by atoms with Crippen LogP contribution in [0, 0.1) is 0 Å². The molecule has 0 saturated carbocycles. The lowest BCUT2D eigenvalue weighted by Crippen LogP contribution is -2.09. The third-order valence-electron chi connectivity index (χ3n) is 10.7. The van der Waals surface area contributed by atoms with E-state index in [0.717, 1.165) is 67.8 Å². The molecule has 4 heteroatoms. The highest BCUT2D eigenvalue weighted by Crippen LogP contribution is 2.40. The second kappa shape index (κ2) is 15.4. The number of nitrogens with zero attached hydrogens (tertiary/aromatic N) is 2. The summed E-state index contributed by atoms with van der Waals surface area (Å²) in [5.74, 6) is 0. The summed E-state index contributed by atoms with van der Waals surface area (Å²) in [6.07, 6.45) is 0. The maximum atomic E-state index is 3.63. The van der Waals surface area contributed by atoms with Crippen LogP contribution in [0.2, 0.25) is 0 Å². The monoisotopic (exact) mass is 744 g/mol. The van der Waals surface area contributed by atoms with Gasteiger partial charge in [0.2, 0.25) is 0 Å². The van der Waals surface area contributed by atoms with Crippen LogP contribution in [0.4, 0.5) is 39.8 Å². The van der Waals surface area contributed by atoms with Gasteiger partial charge in [-0.2, -0.15) is 0 Å². The van der Waals surface area contributed by atoms with Gasteiger partial charge in [-0.15, -0.1) is 0 Å². The molecule has 0 saturated heterocycles. The van der Waals surface area contributed by atoms with Gasteiger partial charge in [0, 0.05) is 61.8 Å². The van der Waals surface area contributed by atoms with Gasteiger partial charge in [-0.05, 0) is 120 Å². The highest BCUT2D eigenvalue weighted by molar-refractivity contribution is 6.10. The van der Waals surface area contributed by atoms with E-state index in [0.29, 0.717) is 0 Å². The zero-order valence-corrected chi connectivity index (χ0v) is 31.8. The van der Waals surface area contributed by atoms with Gasteiger partial charge >= 0.3 is 0 Å². The summed E-state index contributed by atoms with van der Waals surface area (Å²) < 4.78 is 2.36. The van der Waals surface area contributed by atoms with Crippen LogP contribution in [0.25, 0.3) is 49.7 Å². The quantitative estimate of drug-likeness (QED) is 0.146. The van der Waals surface area contributed by atoms with Crippen molar-refractivity contribution in [2.45, 2.75) is 0 Å². The van der Waals surface area contributed by atoms with Gasteiger partial charge < -0.3 is 20.1 Å². The molecular formula is C54H40N4. The van der Waals surface area contributed by atoms with Crippen LogP contribution in [-0.2, 0) is 0 Å². The van der Waals surface area contributed by atoms with Crippen LogP contribution in [0.3, 0.4) is 0 Å². The summed E-state index contributed by atoms with van der Waals surface area (Å²) in [6, 6.07) is 81.6. The van der Waals surface area contributed by atoms with Crippen molar-refractivity contribution in [3.8, 4) is 27.9 Å². The smallest absolute Gasteiger partial charge is 0.0542 e. The number of hydrogen-bond donors (Lipinski definition) is 2. The molecule has 1 aromatic heterocycles. The van der Waals surface area contributed by atoms with Crippen molar-refractivity contribution < 1.29 is 0 Å². The Hall–Kier alpha value is -7.82. The molecule has 2 N–H and O–H groups in total. The summed E-state index contributed by atoms with van der Waals surface area (Å²) in [6.45, 7) is 0. The number of anilines is 7. The fourth-order valence-electron chi connectivity index (χ4n) is 7.98. The Kier molecular flexibility index (Phi) is 9.18. The van der Waals surface area contributed by atoms with E-state index < -0.39 is 0 Å². The first-order chi connectivity index (χ1) is 28.7. The Bertz CT molecular complexity index is 2970. The van der Waals surface area contributed by atoms with Crippen LogP contribution in [-0.4, -0.2) is 4.57 Å². The van der Waals surface area contributed by atoms with E-state index >= 15 is 0 Å². The minimum atomic E-state index is 1.03. The molecule has 0 aliphatic carbocycles. The number of aromatic nitrogens is 1. The van der Waals surface area contributed by atoms with E-state index in [4.69, 9.17) is 0 Å². The van der Waals surface area contributed by atoms with Crippen molar-refractivity contribution in [1.29, 1.82) is 0 Å². The van der Waals surface area contributed by atoms with Crippen LogP contribution in [0.15, 0.2) is 231 Å². The molecule has 9 aromatic carbocycles. The normalized spacial score (nSPS) is 11.1. The lowest BCUT2D eigenvalue weighted by atomic mass is 10.0. The molecule has 0 radical (unpaired) electrons. The number of para-hydroxylation sites is 5. The summed E-state index contributed by atoms with van der Waals surface area (Å²) in [5, 5.41) is 9.67. The highest BCUT2D eigenvalue weighted by atomic mass is 15.1. The third-order valence-corrected chi connectivity index (χ3v) is 10.7. The van der Waals surface area contributed by atoms with Crippen LogP contribution in [0.5, 0.6) is 0 Å². The van der Waals surface area contributed by atoms with E-state index in [1.165, 1.54) is 21.8 Å². The molecule has 4 nitrogen and oxygen atoms in total. The highest BCUT2D eigenvalue weighted by Gasteiger charge is 2.17. The maximum absolute atomic E-state index is 3.63. The summed E-state index contributed by atoms with van der Waals surface area (Å²) in [7, 11) is 0. The molecule has 0 atom stereocenters. The predicted octanol–water partition coefficient (Wildman–Crippen LogP) is 15.1. The second-order valence-corrected chi connectivity index (χ2v) is 14.4. The number of hydrogen-bond acceptors (Lipinski definition) is 3. The Morgan fingerprint density at radius 3 is 1.67 bits per heavy atom. The summed E-state index contributed by atoms with van der Waals surface area (Å²) in [4.78, 5) is 2.34. The van der Waals surface area contributed by atoms with Gasteiger partial charge in [-0.3, -0.25) is 0 Å². The molecule has 1 heterocycles. The van der Waals surface area contributed by atoms with E-state index in [9.17, 15) is 0 Å². The van der Waals surface area contributed by atoms with E-state index in [1.54, 1.807) is 0 Å². The molecule has 0 bridgehead atoms. The molecule has 0 unspecified atom stereocenters. The standard InChI is InChI=1S/C54H40N4/c1-4-16-42(17-5-1)56-52-25-12-10-23-49(52)41-15-14-18-44(37-41)55-43-31-27-39(28-32-43)40-29-33-47(34-30-40)57(45-19-6-2-7-20-45)48-35-36-54-51(38-48)50-24-11-13-26-53(50)58(54)46-21-8-3-9-22-46/h1-38,55-56H. The Labute approximate surface area is 338 Å². The molecular weight excluding hydrogens is 705 g/mol. The zero-order chi connectivity index (χ0) is 38.7. The first-order valence-electron chi connectivity index (χ1n) is 19.7. The van der Waals surface area contributed by atoms with E-state index in [-0.39, 0.29) is 0 Å². The Morgan fingerprint density at radius 2 is 0.897 bits per heavy atom. The van der Waals surface area contributed by atoms with Crippen molar-refractivity contribution in [3.63, 3.8) is 0 Å². The molecule has 0 aliphatic rings. The average Bonchev–Trinajstić information content (AvgIpc) is 3.62. The first-order valence-corrected chi connectivity index (χ1v) is 19.7. The second-order valence-electron chi connectivity index (χ2n) is 14.4. The number of fused-ring (bicyclic) bond motifs is 3. The zero-order valence-electron chi connectivity index (χ0n) is 31.8. The predicted molar refractivity (Wildman–Crippen MR) is 246 cm³/mol. The molecule has 10 aromatic rings. The Morgan fingerprint density at radius 1 is 0.328 bits per heavy atom. The molecule has 0 aliphatic heterocycles. The van der Waals surface area contributed by atoms with Gasteiger partial charge in [0.15, 0.2) is 0 Å². The topological polar surface area (TPSA) is 32.2 Å². The number of benzene rings is 9. The number of nitrogens with one attached hydrogen (secondary N) is 2. The fraction of sp³-hybridized carbons (Fsp3) is 0. The van der Waals surface area contributed by atoms with Crippen LogP contribution in [0.1, 0.15) is 0 Å².